The first-order chi connectivity index (χ1) is 23.2. The first-order valence-electron chi connectivity index (χ1n) is 16.1. The maximum absolute atomic E-state index is 14.1. The summed E-state index contributed by atoms with van der Waals surface area (Å²) in [6, 6.07) is 34.4. The van der Waals surface area contributed by atoms with Crippen molar-refractivity contribution in [2.75, 3.05) is 4.90 Å². The molecule has 0 aliphatic carbocycles. The van der Waals surface area contributed by atoms with Crippen LogP contribution < -0.4 is 4.90 Å². The molecule has 2 amide bonds. The molecule has 7 rings (SSSR count). The van der Waals surface area contributed by atoms with E-state index in [1.807, 2.05) is 92.7 Å². The van der Waals surface area contributed by atoms with E-state index in [1.165, 1.54) is 4.90 Å². The van der Waals surface area contributed by atoms with Crippen LogP contribution in [0, 0.1) is 25.7 Å². The van der Waals surface area contributed by atoms with Crippen LogP contribution in [0.15, 0.2) is 109 Å². The lowest BCUT2D eigenvalue weighted by atomic mass is 9.75. The van der Waals surface area contributed by atoms with Crippen LogP contribution in [-0.2, 0) is 39.0 Å². The molecule has 0 radical (unpaired) electrons. The SMILES string of the molecule is Cc1ccc(C(O[C@H]2[C@@H](OC(=O)CCC(=O)O)[C@@H]3O[C@H]2C2C(=O)N(c4ccccc4)C(=O)C23)(c2ccccc2)c2ccc(C)cc2)cc1. The second kappa shape index (κ2) is 12.5. The summed E-state index contributed by atoms with van der Waals surface area (Å²) >= 11 is 0. The minimum atomic E-state index is -1.26. The molecule has 1 N–H and O–H groups in total. The Hall–Kier alpha value is -5.12. The van der Waals surface area contributed by atoms with Gasteiger partial charge in [-0.3, -0.25) is 19.2 Å². The van der Waals surface area contributed by atoms with Gasteiger partial charge in [-0.25, -0.2) is 4.90 Å². The number of imide groups is 1. The van der Waals surface area contributed by atoms with Crippen LogP contribution in [0.3, 0.4) is 0 Å². The fourth-order valence-corrected chi connectivity index (χ4v) is 7.37. The minimum Gasteiger partial charge on any atom is -0.481 e. The largest absolute Gasteiger partial charge is 0.481 e. The second-order valence-corrected chi connectivity index (χ2v) is 12.7. The Morgan fingerprint density at radius 2 is 1.17 bits per heavy atom. The summed E-state index contributed by atoms with van der Waals surface area (Å²) in [4.78, 5) is 53.6. The van der Waals surface area contributed by atoms with Crippen LogP contribution in [0.2, 0.25) is 0 Å². The molecule has 0 spiro atoms. The number of carbonyl (C=O) groups is 4. The van der Waals surface area contributed by atoms with E-state index in [0.29, 0.717) is 5.69 Å². The van der Waals surface area contributed by atoms with E-state index >= 15 is 0 Å². The first kappa shape index (κ1) is 31.5. The number of aliphatic carboxylic acids is 1. The topological polar surface area (TPSA) is 119 Å². The number of ether oxygens (including phenoxy) is 3. The first-order valence-corrected chi connectivity index (χ1v) is 16.1. The molecule has 3 heterocycles. The van der Waals surface area contributed by atoms with Gasteiger partial charge in [0.15, 0.2) is 6.10 Å². The second-order valence-electron chi connectivity index (χ2n) is 12.7. The van der Waals surface area contributed by atoms with Gasteiger partial charge in [-0.05, 0) is 42.7 Å². The molecule has 4 aromatic carbocycles. The van der Waals surface area contributed by atoms with E-state index in [4.69, 9.17) is 14.2 Å². The predicted molar refractivity (Wildman–Crippen MR) is 175 cm³/mol. The summed E-state index contributed by atoms with van der Waals surface area (Å²) in [5.74, 6) is -4.49. The maximum Gasteiger partial charge on any atom is 0.306 e. The van der Waals surface area contributed by atoms with Crippen molar-refractivity contribution < 1.29 is 38.5 Å². The number of rotatable bonds is 10. The van der Waals surface area contributed by atoms with Crippen molar-refractivity contribution in [3.05, 3.63) is 137 Å². The number of aryl methyl sites for hydroxylation is 2. The number of amides is 2. The number of para-hydroxylation sites is 1. The molecule has 2 bridgehead atoms. The van der Waals surface area contributed by atoms with Crippen LogP contribution in [0.5, 0.6) is 0 Å². The summed E-state index contributed by atoms with van der Waals surface area (Å²) in [6.45, 7) is 4.00. The van der Waals surface area contributed by atoms with Gasteiger partial charge in [-0.1, -0.05) is 108 Å². The van der Waals surface area contributed by atoms with Gasteiger partial charge in [-0.15, -0.1) is 0 Å². The molecule has 9 heteroatoms. The summed E-state index contributed by atoms with van der Waals surface area (Å²) in [5, 5.41) is 9.23. The predicted octanol–water partition coefficient (Wildman–Crippen LogP) is 5.34. The third-order valence-corrected chi connectivity index (χ3v) is 9.63. The van der Waals surface area contributed by atoms with E-state index in [0.717, 1.165) is 27.8 Å². The molecule has 3 saturated heterocycles. The van der Waals surface area contributed by atoms with Crippen molar-refractivity contribution in [2.24, 2.45) is 11.8 Å². The van der Waals surface area contributed by atoms with E-state index in [-0.39, 0.29) is 6.42 Å². The van der Waals surface area contributed by atoms with E-state index in [9.17, 15) is 24.3 Å². The van der Waals surface area contributed by atoms with Gasteiger partial charge < -0.3 is 19.3 Å². The zero-order chi connectivity index (χ0) is 33.6. The summed E-state index contributed by atoms with van der Waals surface area (Å²) in [5.41, 5.74) is 3.71. The molecule has 0 saturated carbocycles. The van der Waals surface area contributed by atoms with Crippen LogP contribution in [-0.4, -0.2) is 53.3 Å². The molecule has 48 heavy (non-hydrogen) atoms. The standard InChI is InChI=1S/C39H35NO8/c1-23-13-17-26(18-14-23)39(25-9-5-3-6-10-25,27-19-15-24(2)16-20-27)48-36-34-32-31(33(47-34)35(36)46-30(43)22-21-29(41)42)37(44)40(38(32)45)28-11-7-4-8-12-28/h3-20,31-36H,21-22H2,1-2H3,(H,41,42)/t31?,32?,33-,34+,35+,36-/m1/s1. The van der Waals surface area contributed by atoms with Gasteiger partial charge in [0.1, 0.15) is 23.9 Å². The molecule has 0 aromatic heterocycles. The van der Waals surface area contributed by atoms with Gasteiger partial charge in [0.2, 0.25) is 11.8 Å². The van der Waals surface area contributed by atoms with Crippen LogP contribution in [0.25, 0.3) is 0 Å². The zero-order valence-electron chi connectivity index (χ0n) is 26.5. The molecule has 244 valence electrons. The van der Waals surface area contributed by atoms with Crippen molar-refractivity contribution >= 4 is 29.4 Å². The van der Waals surface area contributed by atoms with Crippen molar-refractivity contribution in [2.45, 2.75) is 56.7 Å². The highest BCUT2D eigenvalue weighted by atomic mass is 16.6. The van der Waals surface area contributed by atoms with Crippen molar-refractivity contribution in [3.8, 4) is 0 Å². The molecular formula is C39H35NO8. The fraction of sp³-hybridized carbons (Fsp3) is 0.282. The van der Waals surface area contributed by atoms with Crippen LogP contribution in [0.1, 0.15) is 40.7 Å². The number of esters is 1. The molecule has 3 aliphatic rings. The highest BCUT2D eigenvalue weighted by Gasteiger charge is 2.71. The average Bonchev–Trinajstić information content (AvgIpc) is 3.72. The van der Waals surface area contributed by atoms with Gasteiger partial charge in [0.25, 0.3) is 0 Å². The molecular weight excluding hydrogens is 610 g/mol. The number of hydrogen-bond acceptors (Lipinski definition) is 7. The number of carbonyl (C=O) groups excluding carboxylic acids is 3. The number of benzene rings is 4. The Bertz CT molecular complexity index is 1800. The zero-order valence-corrected chi connectivity index (χ0v) is 26.5. The average molecular weight is 646 g/mol. The molecule has 4 aromatic rings. The number of carboxylic acid groups (broad SMARTS) is 1. The van der Waals surface area contributed by atoms with Gasteiger partial charge in [0.05, 0.1) is 30.4 Å². The van der Waals surface area contributed by atoms with Gasteiger partial charge in [-0.2, -0.15) is 0 Å². The third kappa shape index (κ3) is 5.29. The number of carboxylic acids is 1. The monoisotopic (exact) mass is 645 g/mol. The van der Waals surface area contributed by atoms with Crippen LogP contribution >= 0.6 is 0 Å². The summed E-state index contributed by atoms with van der Waals surface area (Å²) < 4.78 is 19.8. The number of nitrogens with zero attached hydrogens (tertiary/aromatic N) is 1. The number of hydrogen-bond donors (Lipinski definition) is 1. The minimum absolute atomic E-state index is 0.368. The van der Waals surface area contributed by atoms with Crippen molar-refractivity contribution in [1.29, 1.82) is 0 Å². The summed E-state index contributed by atoms with van der Waals surface area (Å²) in [7, 11) is 0. The summed E-state index contributed by atoms with van der Waals surface area (Å²) in [6.07, 6.45) is -4.79. The Balaban J connectivity index is 1.37. The lowest BCUT2D eigenvalue weighted by molar-refractivity contribution is -0.172. The van der Waals surface area contributed by atoms with Gasteiger partial charge in [0, 0.05) is 0 Å². The highest BCUT2D eigenvalue weighted by molar-refractivity contribution is 6.23. The molecule has 2 unspecified atom stereocenters. The number of anilines is 1. The van der Waals surface area contributed by atoms with Crippen molar-refractivity contribution in [1.82, 2.24) is 0 Å². The highest BCUT2D eigenvalue weighted by Crippen LogP contribution is 2.54. The smallest absolute Gasteiger partial charge is 0.306 e. The fourth-order valence-electron chi connectivity index (χ4n) is 7.37. The number of fused-ring (bicyclic) bond motifs is 5. The lowest BCUT2D eigenvalue weighted by Gasteiger charge is -2.42. The molecule has 3 aliphatic heterocycles. The van der Waals surface area contributed by atoms with Gasteiger partial charge >= 0.3 is 11.9 Å². The Kier molecular flexibility index (Phi) is 8.19. The normalized spacial score (nSPS) is 24.5. The quantitative estimate of drug-likeness (QED) is 0.139. The van der Waals surface area contributed by atoms with E-state index in [1.54, 1.807) is 30.3 Å². The maximum atomic E-state index is 14.1. The van der Waals surface area contributed by atoms with E-state index in [2.05, 4.69) is 0 Å². The Morgan fingerprint density at radius 3 is 1.69 bits per heavy atom. The van der Waals surface area contributed by atoms with Crippen LogP contribution in [0.4, 0.5) is 5.69 Å². The molecule has 9 nitrogen and oxygen atoms in total. The lowest BCUT2D eigenvalue weighted by Crippen LogP contribution is -2.54. The third-order valence-electron chi connectivity index (χ3n) is 9.63. The Labute approximate surface area is 278 Å². The van der Waals surface area contributed by atoms with E-state index < -0.39 is 72.0 Å². The Morgan fingerprint density at radius 1 is 0.688 bits per heavy atom. The molecule has 6 atom stereocenters. The van der Waals surface area contributed by atoms with Crippen molar-refractivity contribution in [3.63, 3.8) is 0 Å². The molecule has 3 fully saturated rings.